The van der Waals surface area contributed by atoms with Gasteiger partial charge in [0.15, 0.2) is 0 Å². The molecule has 57 heavy (non-hydrogen) atoms. The third-order valence-corrected chi connectivity index (χ3v) is 13.8. The SMILES string of the molecule is c1ccc(-c2cc(-c3ccccc3)cc(-c3ccc4c(c3)c3c5c(cc6c7cc8c(cc7n4c63)c3cccc4c6ccccc6n8c43)sc3ccccc35)c2)cc1. The van der Waals surface area contributed by atoms with Crippen molar-refractivity contribution in [1.82, 2.24) is 8.80 Å². The van der Waals surface area contributed by atoms with E-state index in [-0.39, 0.29) is 0 Å². The maximum absolute atomic E-state index is 2.58. The topological polar surface area (TPSA) is 8.82 Å². The van der Waals surface area contributed by atoms with Gasteiger partial charge in [-0.05, 0) is 94.0 Å². The molecule has 0 unspecified atom stereocenters. The monoisotopic (exact) mass is 738 g/mol. The molecule has 14 rings (SSSR count). The molecule has 262 valence electrons. The van der Waals surface area contributed by atoms with Gasteiger partial charge in [0, 0.05) is 63.3 Å². The van der Waals surface area contributed by atoms with E-state index in [1.165, 1.54) is 130 Å². The lowest BCUT2D eigenvalue weighted by atomic mass is 9.92. The summed E-state index contributed by atoms with van der Waals surface area (Å²) in [4.78, 5) is 0. The molecule has 0 fully saturated rings. The summed E-state index contributed by atoms with van der Waals surface area (Å²) < 4.78 is 7.76. The molecule has 14 aromatic rings. The molecule has 3 heteroatoms. The molecule has 9 aromatic carbocycles. The number of thiophene rings is 1. The molecule has 0 atom stereocenters. The van der Waals surface area contributed by atoms with Crippen molar-refractivity contribution in [1.29, 1.82) is 0 Å². The van der Waals surface area contributed by atoms with Crippen LogP contribution in [0.1, 0.15) is 0 Å². The normalized spacial score (nSPS) is 12.6. The van der Waals surface area contributed by atoms with E-state index >= 15 is 0 Å². The minimum absolute atomic E-state index is 1.22. The van der Waals surface area contributed by atoms with Gasteiger partial charge >= 0.3 is 0 Å². The lowest BCUT2D eigenvalue weighted by molar-refractivity contribution is 1.36. The number of nitrogens with zero attached hydrogens (tertiary/aromatic N) is 2. The van der Waals surface area contributed by atoms with Crippen LogP contribution in [0.2, 0.25) is 0 Å². The maximum atomic E-state index is 2.58. The fourth-order valence-corrected chi connectivity index (χ4v) is 11.5. The van der Waals surface area contributed by atoms with Gasteiger partial charge in [-0.3, -0.25) is 0 Å². The molecular weight excluding hydrogens is 709 g/mol. The van der Waals surface area contributed by atoms with Crippen LogP contribution in [-0.4, -0.2) is 8.80 Å². The smallest absolute Gasteiger partial charge is 0.0627 e. The van der Waals surface area contributed by atoms with Crippen molar-refractivity contribution in [2.24, 2.45) is 0 Å². The Labute approximate surface area is 330 Å². The number of rotatable bonds is 3. The highest BCUT2D eigenvalue weighted by atomic mass is 32.1. The quantitative estimate of drug-likeness (QED) is 0.171. The summed E-state index contributed by atoms with van der Waals surface area (Å²) in [6, 6.07) is 67.9. The Balaban J connectivity index is 1.12. The van der Waals surface area contributed by atoms with Gasteiger partial charge < -0.3 is 8.80 Å². The Bertz CT molecular complexity index is 3900. The second-order valence-corrected chi connectivity index (χ2v) is 16.7. The molecule has 0 radical (unpaired) electrons. The van der Waals surface area contributed by atoms with Gasteiger partial charge in [0.1, 0.15) is 0 Å². The first-order valence-electron chi connectivity index (χ1n) is 19.7. The van der Waals surface area contributed by atoms with Crippen LogP contribution in [0.5, 0.6) is 0 Å². The lowest BCUT2D eigenvalue weighted by Crippen LogP contribution is -1.87. The first-order valence-corrected chi connectivity index (χ1v) is 20.5. The second kappa shape index (κ2) is 10.8. The van der Waals surface area contributed by atoms with Crippen molar-refractivity contribution in [3.05, 3.63) is 182 Å². The number of para-hydroxylation sites is 2. The highest BCUT2D eigenvalue weighted by molar-refractivity contribution is 7.26. The van der Waals surface area contributed by atoms with Gasteiger partial charge in [-0.15, -0.1) is 11.3 Å². The molecule has 0 saturated carbocycles. The van der Waals surface area contributed by atoms with Crippen LogP contribution in [0.3, 0.4) is 0 Å². The number of hydrogen-bond acceptors (Lipinski definition) is 1. The molecule has 0 aliphatic carbocycles. The minimum atomic E-state index is 1.22. The highest BCUT2D eigenvalue weighted by Gasteiger charge is 2.25. The summed E-state index contributed by atoms with van der Waals surface area (Å²) in [5.74, 6) is 0. The summed E-state index contributed by atoms with van der Waals surface area (Å²) in [5, 5.41) is 13.2. The Kier molecular flexibility index (Phi) is 5.68. The Hall–Kier alpha value is -7.20. The van der Waals surface area contributed by atoms with E-state index in [1.54, 1.807) is 0 Å². The summed E-state index contributed by atoms with van der Waals surface area (Å²) in [7, 11) is 0. The van der Waals surface area contributed by atoms with Crippen molar-refractivity contribution >= 4 is 108 Å². The Morgan fingerprint density at radius 2 is 0.825 bits per heavy atom. The molecule has 0 bridgehead atoms. The van der Waals surface area contributed by atoms with Crippen molar-refractivity contribution < 1.29 is 0 Å². The van der Waals surface area contributed by atoms with Crippen LogP contribution in [-0.2, 0) is 0 Å². The molecular formula is C54H30N2S. The van der Waals surface area contributed by atoms with Gasteiger partial charge in [-0.2, -0.15) is 0 Å². The zero-order valence-electron chi connectivity index (χ0n) is 30.6. The van der Waals surface area contributed by atoms with Gasteiger partial charge in [0.25, 0.3) is 0 Å². The summed E-state index contributed by atoms with van der Waals surface area (Å²) >= 11 is 1.92. The molecule has 5 aromatic heterocycles. The fraction of sp³-hybridized carbons (Fsp3) is 0. The molecule has 0 saturated heterocycles. The van der Waals surface area contributed by atoms with Crippen molar-refractivity contribution in [2.45, 2.75) is 0 Å². The van der Waals surface area contributed by atoms with Crippen molar-refractivity contribution in [3.63, 3.8) is 0 Å². The van der Waals surface area contributed by atoms with Crippen molar-refractivity contribution in [2.75, 3.05) is 0 Å². The second-order valence-electron chi connectivity index (χ2n) is 15.7. The number of fused-ring (bicyclic) bond motifs is 16. The van der Waals surface area contributed by atoms with Crippen LogP contribution in [0.15, 0.2) is 182 Å². The van der Waals surface area contributed by atoms with Crippen LogP contribution in [0.25, 0.3) is 130 Å². The lowest BCUT2D eigenvalue weighted by Gasteiger charge is -2.12. The Morgan fingerprint density at radius 3 is 1.56 bits per heavy atom. The molecule has 0 aliphatic heterocycles. The van der Waals surface area contributed by atoms with Gasteiger partial charge in [0.05, 0.1) is 33.1 Å². The third kappa shape index (κ3) is 3.89. The highest BCUT2D eigenvalue weighted by Crippen LogP contribution is 2.50. The zero-order chi connectivity index (χ0) is 36.9. The van der Waals surface area contributed by atoms with E-state index in [2.05, 4.69) is 191 Å². The zero-order valence-corrected chi connectivity index (χ0v) is 31.4. The molecule has 2 nitrogen and oxygen atoms in total. The average Bonchev–Trinajstić information content (AvgIpc) is 4.07. The van der Waals surface area contributed by atoms with E-state index < -0.39 is 0 Å². The van der Waals surface area contributed by atoms with E-state index in [0.717, 1.165) is 0 Å². The molecule has 0 spiro atoms. The van der Waals surface area contributed by atoms with Crippen LogP contribution in [0, 0.1) is 0 Å². The van der Waals surface area contributed by atoms with Crippen LogP contribution >= 0.6 is 11.3 Å². The van der Waals surface area contributed by atoms with E-state index in [1.807, 2.05) is 11.3 Å². The molecule has 0 aliphatic rings. The predicted octanol–water partition coefficient (Wildman–Crippen LogP) is 15.4. The molecule has 0 N–H and O–H groups in total. The van der Waals surface area contributed by atoms with E-state index in [0.29, 0.717) is 0 Å². The van der Waals surface area contributed by atoms with Crippen LogP contribution < -0.4 is 0 Å². The number of hydrogen-bond donors (Lipinski definition) is 0. The first kappa shape index (κ1) is 30.1. The van der Waals surface area contributed by atoms with Crippen LogP contribution in [0.4, 0.5) is 0 Å². The molecule has 5 heterocycles. The third-order valence-electron chi connectivity index (χ3n) is 12.7. The number of benzene rings is 9. The standard InChI is InChI=1S/C54H30N2S/c1-3-12-31(13-4-1)34-24-35(32-14-5-2-6-15-32)26-36(25-34)33-22-23-46-44(27-33)52-51-40-17-8-10-21-49(40)57-50(51)30-43-42-29-47-41(28-48(42)56(46)54(43)52)39-19-11-18-38-37-16-7-9-20-45(37)55(47)53(38)39/h1-30H. The van der Waals surface area contributed by atoms with E-state index in [9.17, 15) is 0 Å². The van der Waals surface area contributed by atoms with Gasteiger partial charge in [0.2, 0.25) is 0 Å². The maximum Gasteiger partial charge on any atom is 0.0627 e. The number of aromatic nitrogens is 2. The predicted molar refractivity (Wildman–Crippen MR) is 245 cm³/mol. The van der Waals surface area contributed by atoms with E-state index in [4.69, 9.17) is 0 Å². The summed E-state index contributed by atoms with van der Waals surface area (Å²) in [6.07, 6.45) is 0. The summed E-state index contributed by atoms with van der Waals surface area (Å²) in [6.45, 7) is 0. The Morgan fingerprint density at radius 1 is 0.263 bits per heavy atom. The minimum Gasteiger partial charge on any atom is -0.308 e. The largest absolute Gasteiger partial charge is 0.308 e. The van der Waals surface area contributed by atoms with Gasteiger partial charge in [-0.1, -0.05) is 121 Å². The average molecular weight is 739 g/mol. The van der Waals surface area contributed by atoms with Crippen molar-refractivity contribution in [3.8, 4) is 33.4 Å². The first-order chi connectivity index (χ1) is 28.3. The molecule has 0 amide bonds. The summed E-state index contributed by atoms with van der Waals surface area (Å²) in [5.41, 5.74) is 15.0. The fourth-order valence-electron chi connectivity index (χ4n) is 10.3. The van der Waals surface area contributed by atoms with Gasteiger partial charge in [-0.25, -0.2) is 0 Å².